The zero-order valence-corrected chi connectivity index (χ0v) is 17.1. The lowest BCUT2D eigenvalue weighted by molar-refractivity contribution is 0.279. The second kappa shape index (κ2) is 18.8. The van der Waals surface area contributed by atoms with Crippen LogP contribution in [0.25, 0.3) is 0 Å². The molecule has 0 spiro atoms. The van der Waals surface area contributed by atoms with Gasteiger partial charge in [0.05, 0.1) is 5.76 Å². The van der Waals surface area contributed by atoms with Crippen molar-refractivity contribution in [2.45, 2.75) is 73.6 Å². The molecule has 1 aromatic carbocycles. The van der Waals surface area contributed by atoms with E-state index in [4.69, 9.17) is 5.11 Å². The van der Waals surface area contributed by atoms with E-state index in [-0.39, 0.29) is 5.82 Å². The van der Waals surface area contributed by atoms with Crippen molar-refractivity contribution in [3.63, 3.8) is 0 Å². The van der Waals surface area contributed by atoms with E-state index in [0.717, 1.165) is 11.8 Å². The maximum atomic E-state index is 11.9. The van der Waals surface area contributed by atoms with Crippen molar-refractivity contribution < 1.29 is 9.50 Å². The first-order valence-corrected chi connectivity index (χ1v) is 9.66. The highest BCUT2D eigenvalue weighted by Crippen LogP contribution is 2.29. The molecule has 0 saturated heterocycles. The molecule has 0 bridgehead atoms. The van der Waals surface area contributed by atoms with E-state index in [0.29, 0.717) is 5.76 Å². The molecule has 1 aromatic rings. The molecule has 1 aliphatic carbocycles. The lowest BCUT2D eigenvalue weighted by Gasteiger charge is -2.24. The summed E-state index contributed by atoms with van der Waals surface area (Å²) in [5, 5.41) is 8.49. The summed E-state index contributed by atoms with van der Waals surface area (Å²) in [7, 11) is 0. The van der Waals surface area contributed by atoms with Crippen LogP contribution in [0.4, 0.5) is 4.39 Å². The van der Waals surface area contributed by atoms with Crippen LogP contribution >= 0.6 is 0 Å². The van der Waals surface area contributed by atoms with E-state index >= 15 is 0 Å². The van der Waals surface area contributed by atoms with Gasteiger partial charge in [0, 0.05) is 0 Å². The number of rotatable bonds is 2. The topological polar surface area (TPSA) is 20.2 Å². The average Bonchev–Trinajstić information content (AvgIpc) is 2.64. The number of halogens is 1. The monoisotopic (exact) mass is 350 g/mol. The Morgan fingerprint density at radius 3 is 1.84 bits per heavy atom. The van der Waals surface area contributed by atoms with Crippen molar-refractivity contribution in [3.8, 4) is 0 Å². The molecule has 144 valence electrons. The molecule has 1 aliphatic rings. The summed E-state index contributed by atoms with van der Waals surface area (Å²) in [4.78, 5) is 0. The highest BCUT2D eigenvalue weighted by molar-refractivity contribution is 5.03. The van der Waals surface area contributed by atoms with Gasteiger partial charge in [-0.3, -0.25) is 0 Å². The molecule has 0 amide bonds. The van der Waals surface area contributed by atoms with Gasteiger partial charge in [0.2, 0.25) is 0 Å². The molecule has 2 heteroatoms. The molecule has 1 nitrogen and oxygen atoms in total. The zero-order chi connectivity index (χ0) is 19.5. The van der Waals surface area contributed by atoms with Gasteiger partial charge in [-0.05, 0) is 43.9 Å². The highest BCUT2D eigenvalue weighted by Gasteiger charge is 2.15. The predicted octanol–water partition coefficient (Wildman–Crippen LogP) is 8.10. The number of allylic oxidation sites excluding steroid dienone is 4. The third kappa shape index (κ3) is 18.6. The van der Waals surface area contributed by atoms with Gasteiger partial charge in [-0.25, -0.2) is 4.39 Å². The quantitative estimate of drug-likeness (QED) is 0.422. The Kier molecular flexibility index (Phi) is 19.3. The third-order valence-corrected chi connectivity index (χ3v) is 3.86. The summed E-state index contributed by atoms with van der Waals surface area (Å²) < 4.78 is 11.9. The minimum Gasteiger partial charge on any atom is -0.513 e. The fraction of sp³-hybridized carbons (Fsp3) is 0.565. The maximum Gasteiger partial charge on any atom is 0.123 e. The van der Waals surface area contributed by atoms with Crippen molar-refractivity contribution in [1.29, 1.82) is 0 Å². The molecule has 0 aromatic heterocycles. The standard InChI is InChI=1S/C9H18.C6H5F.C6H10O.C2H6/c1-8(2)9-6-4-3-5-7-9;7-6-4-2-1-3-5-6;1-3-4-5-6(2)7;1-2/h8-9H,3-7H2,1-2H3;1-5H;3-5,7H,1-2H3;1-2H3/b;;4-3-,6-5+;. The molecule has 25 heavy (non-hydrogen) atoms. The first kappa shape index (κ1) is 25.7. The number of hydrogen-bond donors (Lipinski definition) is 1. The second-order valence-corrected chi connectivity index (χ2v) is 6.27. The molecule has 1 fully saturated rings. The SMILES string of the molecule is C/C=C\C=C(/C)O.CC.CC(C)C1CCCCC1.Fc1ccccc1. The van der Waals surface area contributed by atoms with E-state index in [1.54, 1.807) is 37.3 Å². The summed E-state index contributed by atoms with van der Waals surface area (Å²) in [6, 6.07) is 7.94. The molecule has 1 N–H and O–H groups in total. The minimum absolute atomic E-state index is 0.178. The first-order chi connectivity index (χ1) is 12.0. The summed E-state index contributed by atoms with van der Waals surface area (Å²) in [6.07, 6.45) is 12.7. The van der Waals surface area contributed by atoms with Crippen LogP contribution in [0.5, 0.6) is 0 Å². The van der Waals surface area contributed by atoms with Crippen LogP contribution in [0.15, 0.2) is 54.3 Å². The number of benzene rings is 1. The Morgan fingerprint density at radius 2 is 1.60 bits per heavy atom. The lowest BCUT2D eigenvalue weighted by Crippen LogP contribution is -2.12. The van der Waals surface area contributed by atoms with Crippen LogP contribution in [0.2, 0.25) is 0 Å². The summed E-state index contributed by atoms with van der Waals surface area (Å²) in [5.74, 6) is 2.16. The Balaban J connectivity index is 0. The molecule has 0 atom stereocenters. The summed E-state index contributed by atoms with van der Waals surface area (Å²) in [5.41, 5.74) is 0. The van der Waals surface area contributed by atoms with E-state index < -0.39 is 0 Å². The van der Waals surface area contributed by atoms with Crippen molar-refractivity contribution in [2.24, 2.45) is 11.8 Å². The van der Waals surface area contributed by atoms with Crippen LogP contribution in [-0.4, -0.2) is 5.11 Å². The summed E-state index contributed by atoms with van der Waals surface area (Å²) >= 11 is 0. The van der Waals surface area contributed by atoms with Gasteiger partial charge >= 0.3 is 0 Å². The lowest BCUT2D eigenvalue weighted by atomic mass is 9.82. The van der Waals surface area contributed by atoms with Gasteiger partial charge in [0.15, 0.2) is 0 Å². The number of aliphatic hydroxyl groups is 1. The van der Waals surface area contributed by atoms with Gasteiger partial charge < -0.3 is 5.11 Å². The molecule has 0 radical (unpaired) electrons. The van der Waals surface area contributed by atoms with Gasteiger partial charge in [0.1, 0.15) is 5.82 Å². The minimum atomic E-state index is -0.178. The molecule has 0 unspecified atom stereocenters. The fourth-order valence-corrected chi connectivity index (χ4v) is 2.45. The zero-order valence-electron chi connectivity index (χ0n) is 17.1. The Morgan fingerprint density at radius 1 is 1.08 bits per heavy atom. The van der Waals surface area contributed by atoms with Crippen LogP contribution < -0.4 is 0 Å². The van der Waals surface area contributed by atoms with Crippen molar-refractivity contribution in [1.82, 2.24) is 0 Å². The smallest absolute Gasteiger partial charge is 0.123 e. The van der Waals surface area contributed by atoms with E-state index in [2.05, 4.69) is 13.8 Å². The largest absolute Gasteiger partial charge is 0.513 e. The van der Waals surface area contributed by atoms with Crippen molar-refractivity contribution in [3.05, 3.63) is 60.1 Å². The molecular weight excluding hydrogens is 311 g/mol. The summed E-state index contributed by atoms with van der Waals surface area (Å²) in [6.45, 7) is 12.3. The maximum absolute atomic E-state index is 11.9. The Bertz CT molecular complexity index is 425. The predicted molar refractivity (Wildman–Crippen MR) is 110 cm³/mol. The number of aliphatic hydroxyl groups excluding tert-OH is 1. The van der Waals surface area contributed by atoms with E-state index in [1.807, 2.05) is 26.8 Å². The van der Waals surface area contributed by atoms with E-state index in [1.165, 1.54) is 44.2 Å². The third-order valence-electron chi connectivity index (χ3n) is 3.86. The van der Waals surface area contributed by atoms with E-state index in [9.17, 15) is 4.39 Å². The van der Waals surface area contributed by atoms with Crippen molar-refractivity contribution in [2.75, 3.05) is 0 Å². The molecule has 0 heterocycles. The normalized spacial score (nSPS) is 14.6. The van der Waals surface area contributed by atoms with Gasteiger partial charge in [0.25, 0.3) is 0 Å². The van der Waals surface area contributed by atoms with Crippen LogP contribution in [-0.2, 0) is 0 Å². The molecule has 2 rings (SSSR count). The van der Waals surface area contributed by atoms with Gasteiger partial charge in [-0.2, -0.15) is 0 Å². The Hall–Kier alpha value is -1.57. The first-order valence-electron chi connectivity index (χ1n) is 9.66. The van der Waals surface area contributed by atoms with Gasteiger partial charge in [-0.15, -0.1) is 0 Å². The molecule has 0 aliphatic heterocycles. The van der Waals surface area contributed by atoms with Crippen LogP contribution in [0, 0.1) is 17.7 Å². The van der Waals surface area contributed by atoms with Gasteiger partial charge in [-0.1, -0.05) is 90.2 Å². The second-order valence-electron chi connectivity index (χ2n) is 6.27. The molecule has 1 saturated carbocycles. The molecular formula is C23H39FO. The van der Waals surface area contributed by atoms with Crippen molar-refractivity contribution >= 4 is 0 Å². The highest BCUT2D eigenvalue weighted by atomic mass is 19.1. The fourth-order valence-electron chi connectivity index (χ4n) is 2.45. The van der Waals surface area contributed by atoms with Crippen LogP contribution in [0.3, 0.4) is 0 Å². The van der Waals surface area contributed by atoms with Crippen LogP contribution in [0.1, 0.15) is 73.6 Å². The number of hydrogen-bond acceptors (Lipinski definition) is 1. The average molecular weight is 351 g/mol. The Labute approximate surface area is 155 Å².